The fourth-order valence-corrected chi connectivity index (χ4v) is 0. The standard InChI is InChI=1S/2C2H3O.Au/c2*1-2-3;/h2*1H3;/q2*-1;. The van der Waals surface area contributed by atoms with E-state index in [1.165, 1.54) is 26.4 Å². The van der Waals surface area contributed by atoms with Gasteiger partial charge in [0.05, 0.1) is 0 Å². The van der Waals surface area contributed by atoms with Gasteiger partial charge in [-0.2, -0.15) is 13.8 Å². The molecule has 0 aliphatic heterocycles. The van der Waals surface area contributed by atoms with Crippen molar-refractivity contribution in [1.29, 1.82) is 0 Å². The largest absolute Gasteiger partial charge is 0.542 e. The summed E-state index contributed by atoms with van der Waals surface area (Å²) in [5.74, 6) is 0. The van der Waals surface area contributed by atoms with E-state index in [4.69, 9.17) is 9.59 Å². The summed E-state index contributed by atoms with van der Waals surface area (Å²) < 4.78 is 0. The molecule has 0 aromatic carbocycles. The maximum absolute atomic E-state index is 8.68. The van der Waals surface area contributed by atoms with Gasteiger partial charge in [0.15, 0.2) is 0 Å². The van der Waals surface area contributed by atoms with Gasteiger partial charge in [-0.25, -0.2) is 0 Å². The van der Waals surface area contributed by atoms with Crippen molar-refractivity contribution in [2.24, 2.45) is 0 Å². The third-order valence-electron chi connectivity index (χ3n) is 0. The van der Waals surface area contributed by atoms with Crippen LogP contribution >= 0.6 is 0 Å². The van der Waals surface area contributed by atoms with E-state index < -0.39 is 0 Å². The Hall–Kier alpha value is 0.0803. The van der Waals surface area contributed by atoms with E-state index in [1.54, 1.807) is 0 Å². The van der Waals surface area contributed by atoms with Crippen molar-refractivity contribution in [2.75, 3.05) is 0 Å². The SMILES string of the molecule is C[C-]=O.C[C-]=O.[Au]. The summed E-state index contributed by atoms with van der Waals surface area (Å²) in [6.07, 6.45) is 3.00. The minimum atomic E-state index is 0. The molecule has 0 heterocycles. The van der Waals surface area contributed by atoms with E-state index in [0.717, 1.165) is 0 Å². The van der Waals surface area contributed by atoms with Crippen LogP contribution in [0.1, 0.15) is 13.8 Å². The molecule has 2 nitrogen and oxygen atoms in total. The van der Waals surface area contributed by atoms with Crippen LogP contribution in [0.15, 0.2) is 0 Å². The molecule has 0 N–H and O–H groups in total. The molecule has 0 aromatic rings. The van der Waals surface area contributed by atoms with Gasteiger partial charge in [-0.15, -0.1) is 0 Å². The molecule has 0 spiro atoms. The van der Waals surface area contributed by atoms with Crippen LogP contribution in [0, 0.1) is 0 Å². The topological polar surface area (TPSA) is 34.1 Å². The Kier molecular flexibility index (Phi) is 81.4. The van der Waals surface area contributed by atoms with E-state index in [-0.39, 0.29) is 22.4 Å². The van der Waals surface area contributed by atoms with Crippen molar-refractivity contribution in [1.82, 2.24) is 0 Å². The Balaban J connectivity index is -0.0000000400. The number of rotatable bonds is 0. The Morgan fingerprint density at radius 1 is 1.00 bits per heavy atom. The average Bonchev–Trinajstić information content (AvgIpc) is 1.39. The van der Waals surface area contributed by atoms with Crippen molar-refractivity contribution >= 4 is 12.6 Å². The van der Waals surface area contributed by atoms with E-state index in [1.807, 2.05) is 0 Å². The predicted octanol–water partition coefficient (Wildman–Crippen LogP) is 0.230. The molecule has 0 saturated carbocycles. The van der Waals surface area contributed by atoms with E-state index in [2.05, 4.69) is 0 Å². The summed E-state index contributed by atoms with van der Waals surface area (Å²) in [6, 6.07) is 0. The second-order valence-corrected chi connectivity index (χ2v) is 0.408. The van der Waals surface area contributed by atoms with E-state index in [9.17, 15) is 0 Å². The first-order chi connectivity index (χ1) is 2.83. The number of hydrogen-bond donors (Lipinski definition) is 0. The second kappa shape index (κ2) is 36.3. The zero-order valence-electron chi connectivity index (χ0n) is 4.12. The summed E-state index contributed by atoms with van der Waals surface area (Å²) in [7, 11) is 0. The monoisotopic (exact) mass is 283 g/mol. The van der Waals surface area contributed by atoms with Crippen molar-refractivity contribution in [3.05, 3.63) is 0 Å². The minimum Gasteiger partial charge on any atom is -0.542 e. The molecule has 0 saturated heterocycles. The molecule has 3 heteroatoms. The number of carbonyl (C=O) groups excluding carboxylic acids is 2. The average molecular weight is 283 g/mol. The summed E-state index contributed by atoms with van der Waals surface area (Å²) >= 11 is 0. The fourth-order valence-electron chi connectivity index (χ4n) is 0. The molecule has 7 heavy (non-hydrogen) atoms. The number of hydrogen-bond acceptors (Lipinski definition) is 2. The molecule has 0 bridgehead atoms. The molecule has 0 aliphatic rings. The van der Waals surface area contributed by atoms with Crippen molar-refractivity contribution < 1.29 is 32.0 Å². The van der Waals surface area contributed by atoms with Crippen molar-refractivity contribution in [2.45, 2.75) is 13.8 Å². The van der Waals surface area contributed by atoms with Crippen LogP contribution in [0.25, 0.3) is 0 Å². The summed E-state index contributed by atoms with van der Waals surface area (Å²) in [5, 5.41) is 0. The normalized spacial score (nSPS) is 3.71. The molecule has 0 fully saturated rings. The maximum atomic E-state index is 8.68. The van der Waals surface area contributed by atoms with Crippen LogP contribution in [-0.2, 0) is 32.0 Å². The van der Waals surface area contributed by atoms with Crippen LogP contribution in [0.2, 0.25) is 0 Å². The van der Waals surface area contributed by atoms with Gasteiger partial charge in [0.25, 0.3) is 0 Å². The van der Waals surface area contributed by atoms with Gasteiger partial charge >= 0.3 is 0 Å². The van der Waals surface area contributed by atoms with Crippen LogP contribution in [0.3, 0.4) is 0 Å². The van der Waals surface area contributed by atoms with Crippen molar-refractivity contribution in [3.8, 4) is 0 Å². The fraction of sp³-hybridized carbons (Fsp3) is 0.500. The first-order valence-corrected chi connectivity index (χ1v) is 1.41. The Morgan fingerprint density at radius 3 is 1.00 bits per heavy atom. The van der Waals surface area contributed by atoms with Crippen LogP contribution in [0.5, 0.6) is 0 Å². The quantitative estimate of drug-likeness (QED) is 0.471. The molecule has 47 valence electrons. The predicted molar refractivity (Wildman–Crippen MR) is 22.7 cm³/mol. The minimum absolute atomic E-state index is 0. The Labute approximate surface area is 58.8 Å². The summed E-state index contributed by atoms with van der Waals surface area (Å²) in [4.78, 5) is 17.4. The smallest absolute Gasteiger partial charge is 0 e. The van der Waals surface area contributed by atoms with Gasteiger partial charge in [-0.05, 0) is 0 Å². The first-order valence-electron chi connectivity index (χ1n) is 1.41. The molecule has 0 unspecified atom stereocenters. The van der Waals surface area contributed by atoms with Gasteiger partial charge in [0.2, 0.25) is 0 Å². The van der Waals surface area contributed by atoms with Crippen LogP contribution < -0.4 is 0 Å². The third kappa shape index (κ3) is 15700. The molecule has 0 rings (SSSR count). The van der Waals surface area contributed by atoms with Gasteiger partial charge in [0.1, 0.15) is 0 Å². The van der Waals surface area contributed by atoms with E-state index in [0.29, 0.717) is 0 Å². The van der Waals surface area contributed by atoms with Gasteiger partial charge in [-0.1, -0.05) is 0 Å². The molecule has 0 aromatic heterocycles. The molecule has 0 amide bonds. The zero-order valence-corrected chi connectivity index (χ0v) is 6.28. The van der Waals surface area contributed by atoms with Gasteiger partial charge < -0.3 is 9.59 Å². The molecule has 1 radical (unpaired) electrons. The van der Waals surface area contributed by atoms with Crippen LogP contribution in [-0.4, -0.2) is 12.6 Å². The molecular weight excluding hydrogens is 277 g/mol. The second-order valence-electron chi connectivity index (χ2n) is 0.408. The third-order valence-corrected chi connectivity index (χ3v) is 0. The van der Waals surface area contributed by atoms with E-state index >= 15 is 0 Å². The molecule has 0 aliphatic carbocycles. The van der Waals surface area contributed by atoms with Gasteiger partial charge in [-0.3, -0.25) is 12.6 Å². The summed E-state index contributed by atoms with van der Waals surface area (Å²) in [6.45, 7) is 2.64. The zero-order chi connectivity index (χ0) is 5.41. The Morgan fingerprint density at radius 2 is 1.00 bits per heavy atom. The molecular formula is C4H6AuO2-2. The van der Waals surface area contributed by atoms with Crippen LogP contribution in [0.4, 0.5) is 0 Å². The first kappa shape index (κ1) is 15.7. The van der Waals surface area contributed by atoms with Crippen molar-refractivity contribution in [3.63, 3.8) is 0 Å². The van der Waals surface area contributed by atoms with Gasteiger partial charge in [0, 0.05) is 22.4 Å². The molecule has 0 atom stereocenters. The maximum Gasteiger partial charge on any atom is 0 e. The summed E-state index contributed by atoms with van der Waals surface area (Å²) in [5.41, 5.74) is 0. The Bertz CT molecular complexity index is 30.7.